The van der Waals surface area contributed by atoms with Crippen LogP contribution in [0.2, 0.25) is 0 Å². The quantitative estimate of drug-likeness (QED) is 0.668. The van der Waals surface area contributed by atoms with Gasteiger partial charge in [-0.05, 0) is 27.2 Å². The Bertz CT molecular complexity index is 239. The lowest BCUT2D eigenvalue weighted by molar-refractivity contribution is -0.0175. The van der Waals surface area contributed by atoms with Crippen LogP contribution >= 0.6 is 0 Å². The second kappa shape index (κ2) is 4.35. The molecule has 0 spiro atoms. The van der Waals surface area contributed by atoms with Crippen molar-refractivity contribution in [3.63, 3.8) is 0 Å². The molecule has 1 heterocycles. The fourth-order valence-corrected chi connectivity index (χ4v) is 1.38. The van der Waals surface area contributed by atoms with Crippen LogP contribution in [0.25, 0.3) is 0 Å². The van der Waals surface area contributed by atoms with Crippen LogP contribution in [0.3, 0.4) is 0 Å². The first-order valence-electron chi connectivity index (χ1n) is 5.09. The Morgan fingerprint density at radius 3 is 2.60 bits per heavy atom. The number of hydrogen-bond acceptors (Lipinski definition) is 3. The Kier molecular flexibility index (Phi) is 3.54. The van der Waals surface area contributed by atoms with E-state index in [4.69, 9.17) is 9.84 Å². The molecule has 0 aliphatic carbocycles. The summed E-state index contributed by atoms with van der Waals surface area (Å²) in [7, 11) is 0. The molecule has 0 aromatic heterocycles. The average Bonchev–Trinajstić information content (AvgIpc) is 2.06. The summed E-state index contributed by atoms with van der Waals surface area (Å²) in [4.78, 5) is 12.8. The predicted octanol–water partition coefficient (Wildman–Crippen LogP) is 1.33. The zero-order chi connectivity index (χ0) is 11.6. The van der Waals surface area contributed by atoms with Crippen LogP contribution in [-0.2, 0) is 4.74 Å². The molecule has 1 saturated heterocycles. The summed E-state index contributed by atoms with van der Waals surface area (Å²) in [5, 5.41) is 9.16. The highest BCUT2D eigenvalue weighted by Crippen LogP contribution is 2.17. The minimum absolute atomic E-state index is 0.0872. The van der Waals surface area contributed by atoms with E-state index < -0.39 is 24.0 Å². The van der Waals surface area contributed by atoms with Gasteiger partial charge in [-0.15, -0.1) is 0 Å². The Morgan fingerprint density at radius 1 is 1.53 bits per heavy atom. The highest BCUT2D eigenvalue weighted by atomic mass is 19.1. The number of aliphatic hydroxyl groups excluding tert-OH is 1. The molecule has 88 valence electrons. The molecule has 0 aromatic carbocycles. The summed E-state index contributed by atoms with van der Waals surface area (Å²) in [5.41, 5.74) is -0.570. The lowest BCUT2D eigenvalue weighted by atomic mass is 10.1. The highest BCUT2D eigenvalue weighted by molar-refractivity contribution is 5.68. The van der Waals surface area contributed by atoms with Gasteiger partial charge in [0.25, 0.3) is 0 Å². The minimum atomic E-state index is -1.37. The van der Waals surface area contributed by atoms with Gasteiger partial charge < -0.3 is 14.7 Å². The van der Waals surface area contributed by atoms with Crippen LogP contribution in [-0.4, -0.2) is 47.1 Å². The first-order chi connectivity index (χ1) is 6.79. The van der Waals surface area contributed by atoms with Crippen molar-refractivity contribution >= 4 is 6.09 Å². The van der Waals surface area contributed by atoms with Gasteiger partial charge >= 0.3 is 6.09 Å². The topological polar surface area (TPSA) is 49.8 Å². The van der Waals surface area contributed by atoms with Crippen molar-refractivity contribution in [3.05, 3.63) is 0 Å². The SMILES string of the molecule is CC(C)(C)OC(=O)N1CCC(O)[C@@H](F)C1. The fourth-order valence-electron chi connectivity index (χ4n) is 1.38. The van der Waals surface area contributed by atoms with Crippen LogP contribution in [0.15, 0.2) is 0 Å². The van der Waals surface area contributed by atoms with Gasteiger partial charge in [0.1, 0.15) is 11.8 Å². The number of aliphatic hydroxyl groups is 1. The van der Waals surface area contributed by atoms with Gasteiger partial charge in [0.05, 0.1) is 12.6 Å². The maximum Gasteiger partial charge on any atom is 0.410 e. The van der Waals surface area contributed by atoms with E-state index in [9.17, 15) is 9.18 Å². The number of carbonyl (C=O) groups excluding carboxylic acids is 1. The van der Waals surface area contributed by atoms with E-state index in [2.05, 4.69) is 0 Å². The van der Waals surface area contributed by atoms with Gasteiger partial charge in [-0.1, -0.05) is 0 Å². The number of halogens is 1. The number of likely N-dealkylation sites (tertiary alicyclic amines) is 1. The van der Waals surface area contributed by atoms with Crippen LogP contribution < -0.4 is 0 Å². The predicted molar refractivity (Wildman–Crippen MR) is 53.3 cm³/mol. The summed E-state index contributed by atoms with van der Waals surface area (Å²) < 4.78 is 18.2. The van der Waals surface area contributed by atoms with Crippen LogP contribution in [0.4, 0.5) is 9.18 Å². The average molecular weight is 219 g/mol. The van der Waals surface area contributed by atoms with Crippen molar-refractivity contribution in [1.82, 2.24) is 4.90 Å². The number of alkyl halides is 1. The molecular weight excluding hydrogens is 201 g/mol. The van der Waals surface area contributed by atoms with Crippen molar-refractivity contribution in [1.29, 1.82) is 0 Å². The Balaban J connectivity index is 2.48. The number of amides is 1. The van der Waals surface area contributed by atoms with Gasteiger partial charge in [0, 0.05) is 6.54 Å². The Morgan fingerprint density at radius 2 is 2.13 bits per heavy atom. The summed E-state index contributed by atoms with van der Waals surface area (Å²) >= 11 is 0. The number of carbonyl (C=O) groups is 1. The normalized spacial score (nSPS) is 27.7. The summed E-state index contributed by atoms with van der Waals surface area (Å²) in [5.74, 6) is 0. The second-order valence-electron chi connectivity index (χ2n) is 4.80. The number of piperidine rings is 1. The minimum Gasteiger partial charge on any atom is -0.444 e. The van der Waals surface area contributed by atoms with Crippen molar-refractivity contribution in [2.75, 3.05) is 13.1 Å². The van der Waals surface area contributed by atoms with Crippen molar-refractivity contribution in [3.8, 4) is 0 Å². The zero-order valence-corrected chi connectivity index (χ0v) is 9.36. The third-order valence-corrected chi connectivity index (χ3v) is 2.16. The van der Waals surface area contributed by atoms with E-state index in [1.54, 1.807) is 20.8 Å². The van der Waals surface area contributed by atoms with Gasteiger partial charge in [0.2, 0.25) is 0 Å². The summed E-state index contributed by atoms with van der Waals surface area (Å²) in [6.45, 7) is 5.54. The third kappa shape index (κ3) is 3.66. The van der Waals surface area contributed by atoms with E-state index in [0.717, 1.165) is 0 Å². The molecule has 0 bridgehead atoms. The molecule has 4 nitrogen and oxygen atoms in total. The largest absolute Gasteiger partial charge is 0.444 e. The number of hydrogen-bond donors (Lipinski definition) is 1. The van der Waals surface area contributed by atoms with Gasteiger partial charge in [-0.2, -0.15) is 0 Å². The molecule has 0 radical (unpaired) electrons. The van der Waals surface area contributed by atoms with E-state index in [-0.39, 0.29) is 13.0 Å². The van der Waals surface area contributed by atoms with Gasteiger partial charge in [-0.3, -0.25) is 0 Å². The van der Waals surface area contributed by atoms with Crippen molar-refractivity contribution in [2.45, 2.75) is 45.1 Å². The number of ether oxygens (including phenoxy) is 1. The molecule has 1 unspecified atom stereocenters. The molecule has 1 aliphatic heterocycles. The van der Waals surface area contributed by atoms with Gasteiger partial charge in [-0.25, -0.2) is 9.18 Å². The monoisotopic (exact) mass is 219 g/mol. The second-order valence-corrected chi connectivity index (χ2v) is 4.80. The van der Waals surface area contributed by atoms with Crippen molar-refractivity contribution in [2.24, 2.45) is 0 Å². The highest BCUT2D eigenvalue weighted by Gasteiger charge is 2.32. The lowest BCUT2D eigenvalue weighted by Gasteiger charge is -2.33. The van der Waals surface area contributed by atoms with E-state index in [0.29, 0.717) is 6.54 Å². The maximum absolute atomic E-state index is 13.1. The molecule has 0 aromatic rings. The lowest BCUT2D eigenvalue weighted by Crippen LogP contribution is -2.48. The molecule has 1 fully saturated rings. The molecular formula is C10H18FNO3. The molecule has 1 rings (SSSR count). The Hall–Kier alpha value is -0.840. The van der Waals surface area contributed by atoms with Gasteiger partial charge in [0.15, 0.2) is 0 Å². The van der Waals surface area contributed by atoms with E-state index >= 15 is 0 Å². The fraction of sp³-hybridized carbons (Fsp3) is 0.900. The molecule has 2 atom stereocenters. The third-order valence-electron chi connectivity index (χ3n) is 2.16. The van der Waals surface area contributed by atoms with E-state index in [1.807, 2.05) is 0 Å². The number of nitrogens with zero attached hydrogens (tertiary/aromatic N) is 1. The molecule has 1 N–H and O–H groups in total. The van der Waals surface area contributed by atoms with Crippen molar-refractivity contribution < 1.29 is 19.0 Å². The summed E-state index contributed by atoms with van der Waals surface area (Å²) in [6, 6.07) is 0. The molecule has 15 heavy (non-hydrogen) atoms. The smallest absolute Gasteiger partial charge is 0.410 e. The molecule has 1 aliphatic rings. The van der Waals surface area contributed by atoms with E-state index in [1.165, 1.54) is 4.90 Å². The molecule has 0 saturated carbocycles. The first kappa shape index (κ1) is 12.2. The molecule has 5 heteroatoms. The van der Waals surface area contributed by atoms with Crippen LogP contribution in [0.1, 0.15) is 27.2 Å². The Labute approximate surface area is 89.0 Å². The zero-order valence-electron chi connectivity index (χ0n) is 9.36. The summed E-state index contributed by atoms with van der Waals surface area (Å²) in [6.07, 6.45) is -2.58. The first-order valence-corrected chi connectivity index (χ1v) is 5.09. The standard InChI is InChI=1S/C10H18FNO3/c1-10(2,3)15-9(14)12-5-4-8(13)7(11)6-12/h7-8,13H,4-6H2,1-3H3/t7-,8?/m0/s1. The van der Waals surface area contributed by atoms with Crippen LogP contribution in [0.5, 0.6) is 0 Å². The molecule has 1 amide bonds. The number of rotatable bonds is 0. The maximum atomic E-state index is 13.1. The van der Waals surface area contributed by atoms with Crippen LogP contribution in [0, 0.1) is 0 Å².